The van der Waals surface area contributed by atoms with Crippen LogP contribution < -0.4 is 0 Å². The third-order valence-corrected chi connectivity index (χ3v) is 0.184. The van der Waals surface area contributed by atoms with Gasteiger partial charge in [-0.3, -0.25) is 0 Å². The molecule has 0 saturated carbocycles. The Morgan fingerprint density at radius 1 is 1.86 bits per heavy atom. The van der Waals surface area contributed by atoms with E-state index in [-0.39, 0.29) is 27.3 Å². The van der Waals surface area contributed by atoms with Crippen molar-refractivity contribution in [1.29, 1.82) is 0 Å². The molecule has 0 spiro atoms. The topological polar surface area (TPSA) is 46.5 Å². The number of carboxylic acid groups (broad SMARTS) is 1. The van der Waals surface area contributed by atoms with Gasteiger partial charge in [0.05, 0.1) is 6.26 Å². The zero-order chi connectivity index (χ0) is 4.99. The van der Waals surface area contributed by atoms with Crippen molar-refractivity contribution in [3.05, 3.63) is 12.8 Å². The first-order valence-electron chi connectivity index (χ1n) is 1.28. The first-order chi connectivity index (χ1) is 2.77. The molecule has 0 aliphatic carbocycles. The number of hydrogen-bond donors (Lipinski definition) is 1. The van der Waals surface area contributed by atoms with Crippen LogP contribution in [0.25, 0.3) is 0 Å². The molecule has 0 aliphatic heterocycles. The SMILES string of the molecule is C=COC(=O)O.[PbH2]. The molecular weight excluding hydrogens is 291 g/mol. The van der Waals surface area contributed by atoms with Crippen LogP contribution in [0.3, 0.4) is 0 Å². The van der Waals surface area contributed by atoms with Gasteiger partial charge in [0.25, 0.3) is 0 Å². The summed E-state index contributed by atoms with van der Waals surface area (Å²) in [5, 5.41) is 7.62. The van der Waals surface area contributed by atoms with E-state index in [0.29, 0.717) is 0 Å². The van der Waals surface area contributed by atoms with E-state index in [1.165, 1.54) is 0 Å². The Kier molecular flexibility index (Phi) is 8.50. The minimum absolute atomic E-state index is 0. The summed E-state index contributed by atoms with van der Waals surface area (Å²) in [6, 6.07) is 0. The maximum absolute atomic E-state index is 9.31. The molecule has 7 heavy (non-hydrogen) atoms. The van der Waals surface area contributed by atoms with Crippen molar-refractivity contribution in [3.63, 3.8) is 0 Å². The van der Waals surface area contributed by atoms with Gasteiger partial charge in [-0.2, -0.15) is 0 Å². The molecule has 0 aromatic rings. The number of ether oxygens (including phenoxy) is 1. The van der Waals surface area contributed by atoms with E-state index >= 15 is 0 Å². The molecule has 1 N–H and O–H groups in total. The number of carbonyl (C=O) groups is 1. The van der Waals surface area contributed by atoms with Crippen LogP contribution >= 0.6 is 0 Å². The van der Waals surface area contributed by atoms with Crippen LogP contribution in [0.2, 0.25) is 0 Å². The van der Waals surface area contributed by atoms with E-state index in [4.69, 9.17) is 5.11 Å². The Balaban J connectivity index is 0. The first kappa shape index (κ1) is 10.0. The van der Waals surface area contributed by atoms with Crippen molar-refractivity contribution in [1.82, 2.24) is 0 Å². The van der Waals surface area contributed by atoms with Crippen LogP contribution in [0.15, 0.2) is 12.8 Å². The van der Waals surface area contributed by atoms with Crippen LogP contribution in [0.4, 0.5) is 4.79 Å². The molecule has 0 fully saturated rings. The summed E-state index contributed by atoms with van der Waals surface area (Å²) >= 11 is 0. The molecule has 3 nitrogen and oxygen atoms in total. The molecule has 0 atom stereocenters. The molecule has 0 aromatic carbocycles. The molecule has 0 saturated heterocycles. The maximum atomic E-state index is 9.31. The summed E-state index contributed by atoms with van der Waals surface area (Å²) in [7, 11) is 0. The third-order valence-electron chi connectivity index (χ3n) is 0.184. The second kappa shape index (κ2) is 5.93. The molecule has 2 radical (unpaired) electrons. The van der Waals surface area contributed by atoms with Gasteiger partial charge in [-0.05, 0) is 0 Å². The molecule has 0 amide bonds. The van der Waals surface area contributed by atoms with E-state index in [0.717, 1.165) is 6.26 Å². The summed E-state index contributed by atoms with van der Waals surface area (Å²) in [6.07, 6.45) is -0.479. The normalized spacial score (nSPS) is 5.71. The molecule has 0 rings (SSSR count). The predicted molar refractivity (Wildman–Crippen MR) is 27.9 cm³/mol. The van der Waals surface area contributed by atoms with Gasteiger partial charge in [0.1, 0.15) is 0 Å². The Morgan fingerprint density at radius 3 is 2.29 bits per heavy atom. The third kappa shape index (κ3) is 10.7. The molecule has 4 heteroatoms. The molecule has 0 unspecified atom stereocenters. The summed E-state index contributed by atoms with van der Waals surface area (Å²) in [5.41, 5.74) is 0. The van der Waals surface area contributed by atoms with Crippen LogP contribution in [-0.2, 0) is 4.74 Å². The van der Waals surface area contributed by atoms with Gasteiger partial charge in [0.15, 0.2) is 0 Å². The molecule has 0 heterocycles. The molecular formula is C3H6O3Pb. The number of hydrogen-bond acceptors (Lipinski definition) is 2. The average Bonchev–Trinajstić information content (AvgIpc) is 1.35. The summed E-state index contributed by atoms with van der Waals surface area (Å²) in [6.45, 7) is 3.00. The summed E-state index contributed by atoms with van der Waals surface area (Å²) < 4.78 is 3.72. The zero-order valence-electron chi connectivity index (χ0n) is 3.76. The van der Waals surface area contributed by atoms with Gasteiger partial charge in [0, 0.05) is 0 Å². The van der Waals surface area contributed by atoms with Gasteiger partial charge in [-0.15, -0.1) is 0 Å². The summed E-state index contributed by atoms with van der Waals surface area (Å²) in [5.74, 6) is 0. The van der Waals surface area contributed by atoms with Crippen molar-refractivity contribution >= 4 is 33.5 Å². The second-order valence-corrected chi connectivity index (χ2v) is 0.550. The molecule has 0 bridgehead atoms. The van der Waals surface area contributed by atoms with E-state index in [2.05, 4.69) is 11.3 Å². The minimum atomic E-state index is -1.33. The summed E-state index contributed by atoms with van der Waals surface area (Å²) in [4.78, 5) is 9.31. The van der Waals surface area contributed by atoms with E-state index in [1.807, 2.05) is 0 Å². The van der Waals surface area contributed by atoms with E-state index in [9.17, 15) is 4.79 Å². The monoisotopic (exact) mass is 298 g/mol. The van der Waals surface area contributed by atoms with Gasteiger partial charge in [0.2, 0.25) is 0 Å². The molecule has 40 valence electrons. The first-order valence-corrected chi connectivity index (χ1v) is 1.28. The fourth-order valence-corrected chi connectivity index (χ4v) is 0.0713. The Labute approximate surface area is 61.1 Å². The average molecular weight is 297 g/mol. The second-order valence-electron chi connectivity index (χ2n) is 0.550. The van der Waals surface area contributed by atoms with Crippen LogP contribution in [-0.4, -0.2) is 38.6 Å². The standard InChI is InChI=1S/C3H4O3.Pb.2H/c1-2-6-3(4)5;;;/h2H,1H2,(H,4,5);;;. The zero-order valence-corrected chi connectivity index (χ0v) is 9.25. The van der Waals surface area contributed by atoms with Crippen molar-refractivity contribution in [3.8, 4) is 0 Å². The van der Waals surface area contributed by atoms with Crippen molar-refractivity contribution in [2.75, 3.05) is 0 Å². The van der Waals surface area contributed by atoms with E-state index < -0.39 is 6.16 Å². The van der Waals surface area contributed by atoms with Crippen molar-refractivity contribution < 1.29 is 14.6 Å². The fraction of sp³-hybridized carbons (Fsp3) is 0. The number of rotatable bonds is 1. The van der Waals surface area contributed by atoms with Gasteiger partial charge >= 0.3 is 33.5 Å². The fourth-order valence-electron chi connectivity index (χ4n) is 0.0713. The van der Waals surface area contributed by atoms with Crippen LogP contribution in [0.5, 0.6) is 0 Å². The Bertz CT molecular complexity index is 70.6. The van der Waals surface area contributed by atoms with Gasteiger partial charge < -0.3 is 9.84 Å². The van der Waals surface area contributed by atoms with Gasteiger partial charge in [-0.1, -0.05) is 6.58 Å². The van der Waals surface area contributed by atoms with Gasteiger partial charge in [-0.25, -0.2) is 4.79 Å². The Hall–Kier alpha value is -0.0679. The van der Waals surface area contributed by atoms with Crippen molar-refractivity contribution in [2.45, 2.75) is 0 Å². The van der Waals surface area contributed by atoms with Crippen molar-refractivity contribution in [2.24, 2.45) is 0 Å². The van der Waals surface area contributed by atoms with E-state index in [1.54, 1.807) is 0 Å². The van der Waals surface area contributed by atoms with Crippen LogP contribution in [0.1, 0.15) is 0 Å². The quantitative estimate of drug-likeness (QED) is 0.418. The molecule has 0 aliphatic rings. The predicted octanol–water partition coefficient (Wildman–Crippen LogP) is -0.0917. The molecule has 0 aromatic heterocycles. The Morgan fingerprint density at radius 2 is 2.29 bits per heavy atom. The van der Waals surface area contributed by atoms with Crippen LogP contribution in [0, 0.1) is 0 Å².